The Bertz CT molecular complexity index is 963. The number of carbonyl (C=O) groups excluding carboxylic acids is 1. The lowest BCUT2D eigenvalue weighted by molar-refractivity contribution is -0.113. The summed E-state index contributed by atoms with van der Waals surface area (Å²) in [5.41, 5.74) is 3.43. The number of hydrogen-bond acceptors (Lipinski definition) is 5. The first-order valence-corrected chi connectivity index (χ1v) is 9.89. The summed E-state index contributed by atoms with van der Waals surface area (Å²) in [6.45, 7) is 6.53. The fraction of sp³-hybridized carbons (Fsp3) is 0.333. The third-order valence-electron chi connectivity index (χ3n) is 4.24. The average molecular weight is 405 g/mol. The summed E-state index contributed by atoms with van der Waals surface area (Å²) in [7, 11) is 1.86. The number of thioether (sulfide) groups is 1. The molecule has 1 amide bonds. The van der Waals surface area contributed by atoms with Gasteiger partial charge in [0.05, 0.1) is 22.8 Å². The van der Waals surface area contributed by atoms with Crippen molar-refractivity contribution in [1.29, 1.82) is 0 Å². The quantitative estimate of drug-likeness (QED) is 0.634. The molecule has 142 valence electrons. The van der Waals surface area contributed by atoms with Gasteiger partial charge in [0.1, 0.15) is 0 Å². The Kier molecular flexibility index (Phi) is 5.86. The number of aromatic nitrogens is 5. The second-order valence-electron chi connectivity index (χ2n) is 6.06. The lowest BCUT2D eigenvalue weighted by atomic mass is 10.2. The van der Waals surface area contributed by atoms with Crippen molar-refractivity contribution in [1.82, 2.24) is 24.5 Å². The van der Waals surface area contributed by atoms with Crippen LogP contribution in [0.2, 0.25) is 5.02 Å². The minimum atomic E-state index is -0.0992. The molecule has 2 aromatic heterocycles. The van der Waals surface area contributed by atoms with Crippen LogP contribution in [0.1, 0.15) is 18.3 Å². The standard InChI is InChI=1S/C18H21ClN6OS/c1-5-25-17(13-6-8-14(19)9-7-13)21-22-18(25)27-10-15(26)20-16-11(2)23-24(4)12(16)3/h6-9H,5,10H2,1-4H3,(H,20,26). The van der Waals surface area contributed by atoms with Gasteiger partial charge in [-0.2, -0.15) is 5.10 Å². The van der Waals surface area contributed by atoms with Crippen molar-refractivity contribution >= 4 is 35.0 Å². The lowest BCUT2D eigenvalue weighted by Gasteiger charge is -2.08. The van der Waals surface area contributed by atoms with Gasteiger partial charge >= 0.3 is 0 Å². The molecule has 9 heteroatoms. The zero-order chi connectivity index (χ0) is 19.6. The van der Waals surface area contributed by atoms with Crippen molar-refractivity contribution in [2.45, 2.75) is 32.5 Å². The number of nitrogens with one attached hydrogen (secondary N) is 1. The zero-order valence-electron chi connectivity index (χ0n) is 15.7. The van der Waals surface area contributed by atoms with Crippen molar-refractivity contribution in [2.24, 2.45) is 7.05 Å². The maximum absolute atomic E-state index is 12.4. The molecule has 0 fully saturated rings. The molecule has 0 saturated carbocycles. The van der Waals surface area contributed by atoms with Crippen LogP contribution in [0, 0.1) is 13.8 Å². The fourth-order valence-electron chi connectivity index (χ4n) is 2.75. The molecule has 0 aliphatic rings. The van der Waals surface area contributed by atoms with Crippen LogP contribution in [-0.4, -0.2) is 36.2 Å². The van der Waals surface area contributed by atoms with E-state index >= 15 is 0 Å². The summed E-state index contributed by atoms with van der Waals surface area (Å²) >= 11 is 7.32. The van der Waals surface area contributed by atoms with Gasteiger partial charge in [0.2, 0.25) is 5.91 Å². The third kappa shape index (κ3) is 4.17. The number of aryl methyl sites for hydroxylation is 2. The average Bonchev–Trinajstić information content (AvgIpc) is 3.16. The number of carbonyl (C=O) groups is 1. The Hall–Kier alpha value is -2.32. The Balaban J connectivity index is 1.71. The zero-order valence-corrected chi connectivity index (χ0v) is 17.2. The van der Waals surface area contributed by atoms with Crippen LogP contribution in [0.3, 0.4) is 0 Å². The minimum Gasteiger partial charge on any atom is -0.322 e. The second kappa shape index (κ2) is 8.14. The molecular weight excluding hydrogens is 384 g/mol. The topological polar surface area (TPSA) is 77.6 Å². The number of anilines is 1. The SMILES string of the molecule is CCn1c(SCC(=O)Nc2c(C)nn(C)c2C)nnc1-c1ccc(Cl)cc1. The van der Waals surface area contributed by atoms with E-state index in [0.717, 1.165) is 28.5 Å². The predicted octanol–water partition coefficient (Wildman–Crippen LogP) is 3.70. The highest BCUT2D eigenvalue weighted by atomic mass is 35.5. The minimum absolute atomic E-state index is 0.0992. The van der Waals surface area contributed by atoms with Gasteiger partial charge in [-0.05, 0) is 45.0 Å². The molecule has 1 N–H and O–H groups in total. The van der Waals surface area contributed by atoms with Gasteiger partial charge in [0.15, 0.2) is 11.0 Å². The first-order valence-electron chi connectivity index (χ1n) is 8.52. The second-order valence-corrected chi connectivity index (χ2v) is 7.44. The Labute approximate surface area is 167 Å². The van der Waals surface area contributed by atoms with E-state index in [1.807, 2.05) is 56.7 Å². The molecule has 2 heterocycles. The number of benzene rings is 1. The number of amides is 1. The van der Waals surface area contributed by atoms with Crippen LogP contribution < -0.4 is 5.32 Å². The van der Waals surface area contributed by atoms with Crippen molar-refractivity contribution in [2.75, 3.05) is 11.1 Å². The number of hydrogen-bond donors (Lipinski definition) is 1. The molecule has 0 aliphatic carbocycles. The molecule has 3 aromatic rings. The molecule has 0 radical (unpaired) electrons. The predicted molar refractivity (Wildman–Crippen MR) is 108 cm³/mol. The lowest BCUT2D eigenvalue weighted by Crippen LogP contribution is -2.15. The van der Waals surface area contributed by atoms with Gasteiger partial charge in [0, 0.05) is 24.2 Å². The van der Waals surface area contributed by atoms with Crippen molar-refractivity contribution in [3.63, 3.8) is 0 Å². The smallest absolute Gasteiger partial charge is 0.234 e. The first-order chi connectivity index (χ1) is 12.9. The highest BCUT2D eigenvalue weighted by Gasteiger charge is 2.16. The number of rotatable bonds is 6. The third-order valence-corrected chi connectivity index (χ3v) is 5.46. The molecule has 27 heavy (non-hydrogen) atoms. The summed E-state index contributed by atoms with van der Waals surface area (Å²) in [4.78, 5) is 12.4. The van der Waals surface area contributed by atoms with Gasteiger partial charge in [0.25, 0.3) is 0 Å². The first kappa shape index (κ1) is 19.4. The van der Waals surface area contributed by atoms with Crippen molar-refractivity contribution in [3.8, 4) is 11.4 Å². The van der Waals surface area contributed by atoms with Gasteiger partial charge in [-0.3, -0.25) is 9.48 Å². The van der Waals surface area contributed by atoms with Crippen LogP contribution in [0.4, 0.5) is 5.69 Å². The maximum atomic E-state index is 12.4. The Morgan fingerprint density at radius 2 is 1.93 bits per heavy atom. The highest BCUT2D eigenvalue weighted by molar-refractivity contribution is 7.99. The summed E-state index contributed by atoms with van der Waals surface area (Å²) in [6.07, 6.45) is 0. The molecule has 0 bridgehead atoms. The summed E-state index contributed by atoms with van der Waals surface area (Å²) in [5, 5.41) is 17.2. The van der Waals surface area contributed by atoms with Crippen molar-refractivity contribution in [3.05, 3.63) is 40.7 Å². The molecule has 1 aromatic carbocycles. The van der Waals surface area contributed by atoms with Gasteiger partial charge in [-0.1, -0.05) is 23.4 Å². The molecular formula is C18H21ClN6OS. The Morgan fingerprint density at radius 1 is 1.22 bits per heavy atom. The molecule has 7 nitrogen and oxygen atoms in total. The van der Waals surface area contributed by atoms with E-state index in [4.69, 9.17) is 11.6 Å². The highest BCUT2D eigenvalue weighted by Crippen LogP contribution is 2.25. The molecule has 0 saturated heterocycles. The van der Waals surface area contributed by atoms with Crippen molar-refractivity contribution < 1.29 is 4.79 Å². The van der Waals surface area contributed by atoms with E-state index in [0.29, 0.717) is 16.7 Å². The molecule has 0 aliphatic heterocycles. The van der Waals surface area contributed by atoms with E-state index in [2.05, 4.69) is 20.6 Å². The summed E-state index contributed by atoms with van der Waals surface area (Å²) in [6, 6.07) is 7.47. The van der Waals surface area contributed by atoms with Gasteiger partial charge in [-0.25, -0.2) is 0 Å². The van der Waals surface area contributed by atoms with E-state index in [1.165, 1.54) is 11.8 Å². The van der Waals surface area contributed by atoms with Crippen LogP contribution in [0.15, 0.2) is 29.4 Å². The van der Waals surface area contributed by atoms with E-state index in [9.17, 15) is 4.79 Å². The number of nitrogens with zero attached hydrogens (tertiary/aromatic N) is 5. The molecule has 0 spiro atoms. The summed E-state index contributed by atoms with van der Waals surface area (Å²) < 4.78 is 3.74. The molecule has 0 unspecified atom stereocenters. The van der Waals surface area contributed by atoms with Gasteiger partial charge in [-0.15, -0.1) is 10.2 Å². The van der Waals surface area contributed by atoms with Crippen LogP contribution in [0.5, 0.6) is 0 Å². The molecule has 3 rings (SSSR count). The number of halogens is 1. The van der Waals surface area contributed by atoms with E-state index in [-0.39, 0.29) is 11.7 Å². The van der Waals surface area contributed by atoms with Gasteiger partial charge < -0.3 is 9.88 Å². The Morgan fingerprint density at radius 3 is 2.52 bits per heavy atom. The monoisotopic (exact) mass is 404 g/mol. The largest absolute Gasteiger partial charge is 0.322 e. The van der Waals surface area contributed by atoms with E-state index in [1.54, 1.807) is 4.68 Å². The fourth-order valence-corrected chi connectivity index (χ4v) is 3.68. The van der Waals surface area contributed by atoms with Crippen LogP contribution >= 0.6 is 23.4 Å². The van der Waals surface area contributed by atoms with Crippen LogP contribution in [-0.2, 0) is 18.4 Å². The normalized spacial score (nSPS) is 11.0. The van der Waals surface area contributed by atoms with E-state index < -0.39 is 0 Å². The molecule has 0 atom stereocenters. The van der Waals surface area contributed by atoms with Crippen LogP contribution in [0.25, 0.3) is 11.4 Å². The maximum Gasteiger partial charge on any atom is 0.234 e. The summed E-state index contributed by atoms with van der Waals surface area (Å²) in [5.74, 6) is 0.904.